The molecule has 0 bridgehead atoms. The average molecular weight is 270 g/mol. The van der Waals surface area contributed by atoms with Crippen LogP contribution in [0.3, 0.4) is 0 Å². The predicted molar refractivity (Wildman–Crippen MR) is 79.7 cm³/mol. The number of carbonyl (C=O) groups excluding carboxylic acids is 1. The summed E-state index contributed by atoms with van der Waals surface area (Å²) in [7, 11) is 0. The molecule has 106 valence electrons. The third-order valence-corrected chi connectivity index (χ3v) is 4.56. The van der Waals surface area contributed by atoms with Gasteiger partial charge in [-0.1, -0.05) is 50.1 Å². The number of allylic oxidation sites excluding steroid dienone is 1. The molecular formula is C18H22O2. The van der Waals surface area contributed by atoms with E-state index in [2.05, 4.69) is 19.1 Å². The molecule has 2 atom stereocenters. The molecule has 3 rings (SSSR count). The molecular weight excluding hydrogens is 248 g/mol. The van der Waals surface area contributed by atoms with E-state index in [-0.39, 0.29) is 5.92 Å². The molecule has 2 aliphatic rings. The topological polar surface area (TPSA) is 26.3 Å². The third-order valence-electron chi connectivity index (χ3n) is 4.56. The van der Waals surface area contributed by atoms with Crippen molar-refractivity contribution < 1.29 is 9.53 Å². The molecule has 2 nitrogen and oxygen atoms in total. The van der Waals surface area contributed by atoms with Gasteiger partial charge in [-0.2, -0.15) is 0 Å². The third kappa shape index (κ3) is 2.33. The Kier molecular flexibility index (Phi) is 4.02. The van der Waals surface area contributed by atoms with Gasteiger partial charge in [0.2, 0.25) is 0 Å². The zero-order valence-corrected chi connectivity index (χ0v) is 12.1. The highest BCUT2D eigenvalue weighted by Gasteiger charge is 2.44. The molecule has 20 heavy (non-hydrogen) atoms. The van der Waals surface area contributed by atoms with Crippen molar-refractivity contribution in [2.24, 2.45) is 5.92 Å². The van der Waals surface area contributed by atoms with Crippen LogP contribution in [0.4, 0.5) is 0 Å². The lowest BCUT2D eigenvalue weighted by molar-refractivity contribution is -0.117. The number of ketones is 1. The number of benzene rings is 1. The minimum Gasteiger partial charge on any atom is -0.376 e. The van der Waals surface area contributed by atoms with E-state index >= 15 is 0 Å². The number of carbonyl (C=O) groups is 1. The molecule has 0 aromatic heterocycles. The van der Waals surface area contributed by atoms with Crippen LogP contribution in [0.5, 0.6) is 0 Å². The molecule has 0 N–H and O–H groups in total. The summed E-state index contributed by atoms with van der Waals surface area (Å²) in [6, 6.07) is 10.2. The molecule has 0 amide bonds. The van der Waals surface area contributed by atoms with Crippen molar-refractivity contribution >= 4 is 5.78 Å². The van der Waals surface area contributed by atoms with Gasteiger partial charge in [-0.3, -0.25) is 4.79 Å². The maximum atomic E-state index is 12.8. The Hall–Kier alpha value is -1.41. The van der Waals surface area contributed by atoms with Crippen LogP contribution in [0, 0.1) is 5.92 Å². The molecule has 0 saturated carbocycles. The van der Waals surface area contributed by atoms with Gasteiger partial charge in [0.05, 0.1) is 19.1 Å². The largest absolute Gasteiger partial charge is 0.376 e. The number of hydrogen-bond donors (Lipinski definition) is 0. The second-order valence-corrected chi connectivity index (χ2v) is 5.84. The van der Waals surface area contributed by atoms with Crippen LogP contribution in [-0.2, 0) is 9.53 Å². The van der Waals surface area contributed by atoms with E-state index in [9.17, 15) is 4.79 Å². The van der Waals surface area contributed by atoms with Crippen LogP contribution in [0.25, 0.3) is 0 Å². The number of Topliss-reactive ketones (excluding diaryl/α,β-unsaturated/α-hetero) is 1. The van der Waals surface area contributed by atoms with Gasteiger partial charge in [-0.15, -0.1) is 0 Å². The molecule has 0 radical (unpaired) electrons. The molecule has 1 aliphatic heterocycles. The Morgan fingerprint density at radius 2 is 2.00 bits per heavy atom. The van der Waals surface area contributed by atoms with Gasteiger partial charge >= 0.3 is 0 Å². The Labute approximate surface area is 120 Å². The van der Waals surface area contributed by atoms with E-state index in [0.717, 1.165) is 24.0 Å². The maximum absolute atomic E-state index is 12.8. The number of fused-ring (bicyclic) bond motifs is 1. The maximum Gasteiger partial charge on any atom is 0.167 e. The van der Waals surface area contributed by atoms with Crippen molar-refractivity contribution in [2.75, 3.05) is 13.2 Å². The lowest BCUT2D eigenvalue weighted by atomic mass is 9.86. The molecule has 1 aromatic rings. The van der Waals surface area contributed by atoms with E-state index in [1.807, 2.05) is 18.2 Å². The first kappa shape index (κ1) is 13.6. The van der Waals surface area contributed by atoms with Crippen LogP contribution in [-0.4, -0.2) is 19.0 Å². The SMILES string of the molecule is CCCCCC1=C2COC[C@H]2[C@H](c2ccccc2)C1=O. The summed E-state index contributed by atoms with van der Waals surface area (Å²) in [5.41, 5.74) is 3.52. The van der Waals surface area contributed by atoms with Crippen LogP contribution < -0.4 is 0 Å². The summed E-state index contributed by atoms with van der Waals surface area (Å²) in [6.45, 7) is 3.57. The molecule has 1 aromatic carbocycles. The fourth-order valence-corrected chi connectivity index (χ4v) is 3.52. The predicted octanol–water partition coefficient (Wildman–Crippen LogP) is 3.88. The molecule has 0 unspecified atom stereocenters. The molecule has 1 fully saturated rings. The van der Waals surface area contributed by atoms with Crippen molar-refractivity contribution in [1.82, 2.24) is 0 Å². The molecule has 1 saturated heterocycles. The van der Waals surface area contributed by atoms with Crippen molar-refractivity contribution in [3.63, 3.8) is 0 Å². The van der Waals surface area contributed by atoms with Crippen molar-refractivity contribution in [3.8, 4) is 0 Å². The second-order valence-electron chi connectivity index (χ2n) is 5.84. The van der Waals surface area contributed by atoms with Gasteiger partial charge < -0.3 is 4.74 Å². The number of rotatable bonds is 5. The summed E-state index contributed by atoms with van der Waals surface area (Å²) in [6.07, 6.45) is 4.45. The highest BCUT2D eigenvalue weighted by atomic mass is 16.5. The summed E-state index contributed by atoms with van der Waals surface area (Å²) in [5, 5.41) is 0. The molecule has 0 spiro atoms. The van der Waals surface area contributed by atoms with Crippen molar-refractivity contribution in [1.29, 1.82) is 0 Å². The Bertz CT molecular complexity index is 515. The monoisotopic (exact) mass is 270 g/mol. The smallest absolute Gasteiger partial charge is 0.167 e. The molecule has 1 heterocycles. The van der Waals surface area contributed by atoms with Crippen LogP contribution >= 0.6 is 0 Å². The number of ether oxygens (including phenoxy) is 1. The van der Waals surface area contributed by atoms with Gasteiger partial charge in [0.15, 0.2) is 5.78 Å². The van der Waals surface area contributed by atoms with Crippen LogP contribution in [0.2, 0.25) is 0 Å². The Morgan fingerprint density at radius 1 is 1.20 bits per heavy atom. The lowest BCUT2D eigenvalue weighted by Crippen LogP contribution is -2.17. The standard InChI is InChI=1S/C18H22O2/c1-2-3-5-10-14-15-11-20-12-16(15)17(18(14)19)13-8-6-4-7-9-13/h4,6-9,16-17H,2-3,5,10-12H2,1H3/t16-,17+/m1/s1. The van der Waals surface area contributed by atoms with Gasteiger partial charge in [0.25, 0.3) is 0 Å². The zero-order valence-electron chi connectivity index (χ0n) is 12.1. The van der Waals surface area contributed by atoms with Gasteiger partial charge in [0.1, 0.15) is 0 Å². The van der Waals surface area contributed by atoms with Gasteiger partial charge in [0, 0.05) is 5.92 Å². The zero-order chi connectivity index (χ0) is 13.9. The van der Waals surface area contributed by atoms with E-state index in [1.54, 1.807) is 0 Å². The minimum atomic E-state index is 0.00493. The Balaban J connectivity index is 1.85. The quantitative estimate of drug-likeness (QED) is 0.759. The lowest BCUT2D eigenvalue weighted by Gasteiger charge is -2.16. The first-order chi connectivity index (χ1) is 9.83. The van der Waals surface area contributed by atoms with Crippen LogP contribution in [0.15, 0.2) is 41.5 Å². The normalized spacial score (nSPS) is 25.4. The average Bonchev–Trinajstić information content (AvgIpc) is 3.02. The highest BCUT2D eigenvalue weighted by Crippen LogP contribution is 2.45. The first-order valence-electron chi connectivity index (χ1n) is 7.71. The van der Waals surface area contributed by atoms with Gasteiger partial charge in [-0.05, 0) is 29.6 Å². The van der Waals surface area contributed by atoms with E-state index in [4.69, 9.17) is 4.74 Å². The fraction of sp³-hybridized carbons (Fsp3) is 0.500. The van der Waals surface area contributed by atoms with Crippen LogP contribution in [0.1, 0.15) is 44.1 Å². The summed E-state index contributed by atoms with van der Waals surface area (Å²) in [4.78, 5) is 12.8. The summed E-state index contributed by atoms with van der Waals surface area (Å²) in [5.74, 6) is 0.655. The van der Waals surface area contributed by atoms with Gasteiger partial charge in [-0.25, -0.2) is 0 Å². The summed E-state index contributed by atoms with van der Waals surface area (Å²) >= 11 is 0. The fourth-order valence-electron chi connectivity index (χ4n) is 3.52. The highest BCUT2D eigenvalue weighted by molar-refractivity contribution is 6.04. The van der Waals surface area contributed by atoms with Crippen molar-refractivity contribution in [2.45, 2.75) is 38.5 Å². The first-order valence-corrected chi connectivity index (χ1v) is 7.71. The summed E-state index contributed by atoms with van der Waals surface area (Å²) < 4.78 is 5.64. The van der Waals surface area contributed by atoms with E-state index in [0.29, 0.717) is 24.9 Å². The Morgan fingerprint density at radius 3 is 2.75 bits per heavy atom. The van der Waals surface area contributed by atoms with E-state index in [1.165, 1.54) is 18.4 Å². The minimum absolute atomic E-state index is 0.00493. The number of hydrogen-bond acceptors (Lipinski definition) is 2. The second kappa shape index (κ2) is 5.92. The van der Waals surface area contributed by atoms with E-state index < -0.39 is 0 Å². The molecule has 2 heteroatoms. The number of unbranched alkanes of at least 4 members (excludes halogenated alkanes) is 2. The van der Waals surface area contributed by atoms with Crippen molar-refractivity contribution in [3.05, 3.63) is 47.0 Å². The molecule has 1 aliphatic carbocycles.